The molecule has 0 saturated heterocycles. The zero-order chi connectivity index (χ0) is 7.33. The van der Waals surface area contributed by atoms with E-state index < -0.39 is 10.1 Å². The molecule has 0 aromatic heterocycles. The van der Waals surface area contributed by atoms with Gasteiger partial charge in [-0.15, -0.1) is 0 Å². The summed E-state index contributed by atoms with van der Waals surface area (Å²) in [6, 6.07) is 0. The molecule has 0 rings (SSSR count). The van der Waals surface area contributed by atoms with Crippen LogP contribution < -0.4 is 0 Å². The Hall–Kier alpha value is -1.45. The maximum atomic E-state index is 9.91. The first-order chi connectivity index (χ1) is 4.12. The molecule has 0 N–H and O–H groups in total. The second-order valence-corrected chi connectivity index (χ2v) is 2.03. The van der Waals surface area contributed by atoms with E-state index in [0.29, 0.717) is 0 Å². The van der Waals surface area contributed by atoms with Gasteiger partial charge in [-0.25, -0.2) is 0 Å². The quantitative estimate of drug-likeness (QED) is 0.137. The van der Waals surface area contributed by atoms with Crippen LogP contribution in [0.15, 0.2) is 5.28 Å². The Morgan fingerprint density at radius 1 is 1.78 bits per heavy atom. The number of nitrogens with zero attached hydrogens (tertiary/aromatic N) is 4. The van der Waals surface area contributed by atoms with E-state index in [1.54, 1.807) is 0 Å². The first-order valence-corrected chi connectivity index (χ1v) is 2.92. The van der Waals surface area contributed by atoms with Crippen molar-refractivity contribution in [3.05, 3.63) is 10.4 Å². The fourth-order valence-corrected chi connectivity index (χ4v) is 0.226. The highest BCUT2D eigenvalue weighted by molar-refractivity contribution is 7.91. The van der Waals surface area contributed by atoms with Gasteiger partial charge >= 0.3 is 10.1 Å². The predicted octanol–water partition coefficient (Wildman–Crippen LogP) is 0.0392. The van der Waals surface area contributed by atoms with Gasteiger partial charge in [-0.05, 0) is 5.53 Å². The summed E-state index contributed by atoms with van der Waals surface area (Å²) in [6.07, 6.45) is 0. The maximum Gasteiger partial charge on any atom is 0.413 e. The first kappa shape index (κ1) is 7.55. The van der Waals surface area contributed by atoms with Crippen molar-refractivity contribution >= 4 is 10.1 Å². The summed E-state index contributed by atoms with van der Waals surface area (Å²) in [5, 5.41) is 10.6. The first-order valence-electron chi connectivity index (χ1n) is 1.51. The van der Waals surface area contributed by atoms with Gasteiger partial charge in [0.25, 0.3) is 0 Å². The summed E-state index contributed by atoms with van der Waals surface area (Å²) in [5.74, 6) is 0. The highest BCUT2D eigenvalue weighted by atomic mass is 32.2. The Balaban J connectivity index is 4.28. The topological polar surface area (TPSA) is 116 Å². The van der Waals surface area contributed by atoms with E-state index >= 15 is 0 Å². The molecule has 0 spiro atoms. The fourth-order valence-electron chi connectivity index (χ4n) is 0.0755. The van der Waals surface area contributed by atoms with E-state index in [4.69, 9.17) is 10.8 Å². The standard InChI is InChI=1S/CN4O3S/c2-1-9(6,7)8-5-4-3. The number of azide groups is 1. The third-order valence-electron chi connectivity index (χ3n) is 0.280. The van der Waals surface area contributed by atoms with Crippen LogP contribution in [0.2, 0.25) is 0 Å². The van der Waals surface area contributed by atoms with Crippen LogP contribution in [0.4, 0.5) is 0 Å². The molecule has 0 amide bonds. The highest BCUT2D eigenvalue weighted by Crippen LogP contribution is 1.88. The largest absolute Gasteiger partial charge is 0.413 e. The Morgan fingerprint density at radius 3 is 2.67 bits per heavy atom. The Bertz CT molecular complexity index is 265. The summed E-state index contributed by atoms with van der Waals surface area (Å²) in [5.41, 5.74) is 7.48. The number of nitriles is 1. The molecule has 7 nitrogen and oxygen atoms in total. The van der Waals surface area contributed by atoms with E-state index in [2.05, 4.69) is 9.56 Å². The molecule has 48 valence electrons. The van der Waals surface area contributed by atoms with Gasteiger partial charge in [0.2, 0.25) is 5.40 Å². The lowest BCUT2D eigenvalue weighted by Gasteiger charge is -1.82. The lowest BCUT2D eigenvalue weighted by Crippen LogP contribution is -1.94. The minimum absolute atomic E-state index is 0.761. The predicted molar refractivity (Wildman–Crippen MR) is 24.8 cm³/mol. The van der Waals surface area contributed by atoms with Crippen LogP contribution in [0.3, 0.4) is 0 Å². The maximum absolute atomic E-state index is 9.91. The monoisotopic (exact) mass is 148 g/mol. The molecule has 8 heteroatoms. The minimum Gasteiger partial charge on any atom is -0.299 e. The van der Waals surface area contributed by atoms with Crippen LogP contribution in [0.5, 0.6) is 0 Å². The van der Waals surface area contributed by atoms with Gasteiger partial charge in [0.1, 0.15) is 5.28 Å². The molecule has 0 radical (unpaired) electrons. The van der Waals surface area contributed by atoms with Crippen LogP contribution in [0, 0.1) is 10.7 Å². The fraction of sp³-hybridized carbons (Fsp3) is 0. The Morgan fingerprint density at radius 2 is 2.33 bits per heavy atom. The lowest BCUT2D eigenvalue weighted by atomic mass is 11.8. The smallest absolute Gasteiger partial charge is 0.299 e. The van der Waals surface area contributed by atoms with Crippen LogP contribution in [0.1, 0.15) is 0 Å². The van der Waals surface area contributed by atoms with Gasteiger partial charge < -0.3 is 0 Å². The van der Waals surface area contributed by atoms with E-state index in [9.17, 15) is 8.42 Å². The van der Waals surface area contributed by atoms with Crippen molar-refractivity contribution in [1.82, 2.24) is 0 Å². The molecule has 0 heterocycles. The number of hydrogen-bond acceptors (Lipinski definition) is 5. The molecule has 0 aliphatic carbocycles. The van der Waals surface area contributed by atoms with Crippen molar-refractivity contribution in [2.45, 2.75) is 0 Å². The number of rotatable bonds is 2. The molecule has 0 aliphatic rings. The summed E-state index contributed by atoms with van der Waals surface area (Å²) in [7, 11) is -4.30. The van der Waals surface area contributed by atoms with Crippen molar-refractivity contribution in [1.29, 1.82) is 5.26 Å². The van der Waals surface area contributed by atoms with Crippen LogP contribution in [0.25, 0.3) is 10.4 Å². The number of thiocyanates is 1. The second kappa shape index (κ2) is 2.76. The summed E-state index contributed by atoms with van der Waals surface area (Å²) >= 11 is 0. The summed E-state index contributed by atoms with van der Waals surface area (Å²) in [6.45, 7) is 0. The molecule has 0 unspecified atom stereocenters. The van der Waals surface area contributed by atoms with Crippen molar-refractivity contribution in [2.24, 2.45) is 5.28 Å². The number of hydrogen-bond donors (Lipinski definition) is 0. The van der Waals surface area contributed by atoms with E-state index in [1.165, 1.54) is 0 Å². The third kappa shape index (κ3) is 3.16. The van der Waals surface area contributed by atoms with Gasteiger partial charge in [-0.2, -0.15) is 13.7 Å². The molecule has 0 fully saturated rings. The molecule has 9 heavy (non-hydrogen) atoms. The van der Waals surface area contributed by atoms with Crippen molar-refractivity contribution in [3.63, 3.8) is 0 Å². The van der Waals surface area contributed by atoms with Gasteiger partial charge in [0.05, 0.1) is 0 Å². The molecule has 0 aromatic carbocycles. The van der Waals surface area contributed by atoms with E-state index in [-0.39, 0.29) is 0 Å². The molecule has 0 aromatic rings. The Kier molecular flexibility index (Phi) is 2.32. The van der Waals surface area contributed by atoms with E-state index in [0.717, 1.165) is 5.40 Å². The zero-order valence-electron chi connectivity index (χ0n) is 3.92. The van der Waals surface area contributed by atoms with Gasteiger partial charge in [-0.3, -0.25) is 4.28 Å². The van der Waals surface area contributed by atoms with E-state index in [1.807, 2.05) is 4.91 Å². The average Bonchev–Trinajstić information content (AvgIpc) is 1.84. The van der Waals surface area contributed by atoms with Crippen molar-refractivity contribution in [3.8, 4) is 5.40 Å². The van der Waals surface area contributed by atoms with Gasteiger partial charge in [0.15, 0.2) is 0 Å². The molecule has 0 aliphatic heterocycles. The Labute approximate surface area is 50.2 Å². The molecule has 0 bridgehead atoms. The normalized spacial score (nSPS) is 8.78. The summed E-state index contributed by atoms with van der Waals surface area (Å²) < 4.78 is 23.2. The SMILES string of the molecule is N#CS(=O)(=O)ON=[N+]=[N-]. The minimum atomic E-state index is -4.30. The second-order valence-electron chi connectivity index (χ2n) is 0.791. The van der Waals surface area contributed by atoms with Crippen LogP contribution in [-0.4, -0.2) is 8.42 Å². The van der Waals surface area contributed by atoms with Gasteiger partial charge in [0, 0.05) is 4.91 Å². The van der Waals surface area contributed by atoms with Crippen molar-refractivity contribution in [2.75, 3.05) is 0 Å². The molecule has 0 atom stereocenters. The van der Waals surface area contributed by atoms with Crippen LogP contribution in [-0.2, 0) is 14.4 Å². The molecule has 0 saturated carbocycles. The van der Waals surface area contributed by atoms with Crippen molar-refractivity contribution < 1.29 is 12.7 Å². The highest BCUT2D eigenvalue weighted by Gasteiger charge is 2.05. The summed E-state index contributed by atoms with van der Waals surface area (Å²) in [4.78, 5) is 1.94. The van der Waals surface area contributed by atoms with Gasteiger partial charge in [-0.1, -0.05) is 0 Å². The molecular formula is CN4O3S. The third-order valence-corrected chi connectivity index (χ3v) is 0.766. The average molecular weight is 148 g/mol. The zero-order valence-corrected chi connectivity index (χ0v) is 4.74. The molecular weight excluding hydrogens is 148 g/mol. The lowest BCUT2D eigenvalue weighted by molar-refractivity contribution is 0.339. The van der Waals surface area contributed by atoms with Crippen LogP contribution >= 0.6 is 0 Å².